The molecule has 0 aliphatic carbocycles. The Morgan fingerprint density at radius 1 is 1.22 bits per heavy atom. The average molecular weight is 120 g/mol. The standard InChI is InChI=1S/C6H6N3/c1-2-4-6-5(3-1)7-9-8-6/h1-4,7,9H. The molecule has 0 spiro atoms. The first-order valence-corrected chi connectivity index (χ1v) is 2.77. The number of hydrogen-bond donors (Lipinski definition) is 2. The van der Waals surface area contributed by atoms with Crippen LogP contribution in [-0.4, -0.2) is 0 Å². The molecule has 0 saturated heterocycles. The van der Waals surface area contributed by atoms with Crippen molar-refractivity contribution in [3.63, 3.8) is 0 Å². The smallest absolute Gasteiger partial charge is 0.104 e. The van der Waals surface area contributed by atoms with Crippen molar-refractivity contribution < 1.29 is 0 Å². The first kappa shape index (κ1) is 4.64. The van der Waals surface area contributed by atoms with Gasteiger partial charge in [0.25, 0.3) is 0 Å². The molecule has 3 nitrogen and oxygen atoms in total. The van der Waals surface area contributed by atoms with Crippen molar-refractivity contribution in [2.45, 2.75) is 0 Å². The second kappa shape index (κ2) is 1.63. The fourth-order valence-corrected chi connectivity index (χ4v) is 0.825. The molecule has 1 aliphatic rings. The number of anilines is 1. The molecule has 1 heterocycles. The van der Waals surface area contributed by atoms with Crippen molar-refractivity contribution >= 4 is 11.4 Å². The number of fused-ring (bicyclic) bond motifs is 1. The van der Waals surface area contributed by atoms with E-state index in [9.17, 15) is 0 Å². The van der Waals surface area contributed by atoms with Crippen molar-refractivity contribution in [2.24, 2.45) is 0 Å². The third-order valence-electron chi connectivity index (χ3n) is 1.27. The summed E-state index contributed by atoms with van der Waals surface area (Å²) in [6.45, 7) is 0. The van der Waals surface area contributed by atoms with E-state index < -0.39 is 0 Å². The van der Waals surface area contributed by atoms with Gasteiger partial charge in [-0.1, -0.05) is 12.1 Å². The highest BCUT2D eigenvalue weighted by molar-refractivity contribution is 5.66. The summed E-state index contributed by atoms with van der Waals surface area (Å²) in [7, 11) is 0. The van der Waals surface area contributed by atoms with Crippen molar-refractivity contribution in [3.05, 3.63) is 24.3 Å². The highest BCUT2D eigenvalue weighted by Gasteiger charge is 2.06. The first-order valence-electron chi connectivity index (χ1n) is 2.77. The predicted molar refractivity (Wildman–Crippen MR) is 35.0 cm³/mol. The highest BCUT2D eigenvalue weighted by Crippen LogP contribution is 2.22. The number of nitrogens with zero attached hydrogens (tertiary/aromatic N) is 1. The van der Waals surface area contributed by atoms with Gasteiger partial charge in [-0.3, -0.25) is 0 Å². The molecule has 0 unspecified atom stereocenters. The van der Waals surface area contributed by atoms with Crippen LogP contribution >= 0.6 is 0 Å². The van der Waals surface area contributed by atoms with Crippen LogP contribution in [0.2, 0.25) is 0 Å². The molecule has 2 rings (SSSR count). The van der Waals surface area contributed by atoms with Crippen LogP contribution in [0.4, 0.5) is 11.4 Å². The van der Waals surface area contributed by atoms with E-state index in [1.54, 1.807) is 0 Å². The second-order valence-corrected chi connectivity index (χ2v) is 1.87. The fourth-order valence-electron chi connectivity index (χ4n) is 0.825. The zero-order valence-electron chi connectivity index (χ0n) is 4.76. The highest BCUT2D eigenvalue weighted by atomic mass is 15.6. The molecule has 1 aromatic rings. The minimum absolute atomic E-state index is 0.970. The Bertz CT molecular complexity index is 198. The van der Waals surface area contributed by atoms with Crippen LogP contribution < -0.4 is 16.4 Å². The minimum atomic E-state index is 0.970. The fraction of sp³-hybridized carbons (Fsp3) is 0. The quantitative estimate of drug-likeness (QED) is 0.530. The summed E-state index contributed by atoms with van der Waals surface area (Å²) < 4.78 is 0. The molecule has 0 amide bonds. The SMILES string of the molecule is c1ccc2c(c1)[N]NN2. The Kier molecular flexibility index (Phi) is 0.841. The Hall–Kier alpha value is -1.22. The second-order valence-electron chi connectivity index (χ2n) is 1.87. The van der Waals surface area contributed by atoms with Gasteiger partial charge in [-0.25, -0.2) is 0 Å². The third-order valence-corrected chi connectivity index (χ3v) is 1.27. The minimum Gasteiger partial charge on any atom is -0.300 e. The molecule has 1 aliphatic heterocycles. The van der Waals surface area contributed by atoms with Crippen LogP contribution in [0.1, 0.15) is 0 Å². The van der Waals surface area contributed by atoms with Gasteiger partial charge in [0.2, 0.25) is 0 Å². The molecule has 45 valence electrons. The molecule has 0 atom stereocenters. The van der Waals surface area contributed by atoms with Gasteiger partial charge in [-0.15, -0.1) is 5.53 Å². The Labute approximate surface area is 53.0 Å². The third kappa shape index (κ3) is 0.622. The zero-order chi connectivity index (χ0) is 6.10. The van der Waals surface area contributed by atoms with E-state index in [0.717, 1.165) is 11.4 Å². The summed E-state index contributed by atoms with van der Waals surface area (Å²) in [5.74, 6) is 0. The molecule has 0 fully saturated rings. The van der Waals surface area contributed by atoms with E-state index in [1.807, 2.05) is 24.3 Å². The number of para-hydroxylation sites is 2. The molecular formula is C6H6N3. The van der Waals surface area contributed by atoms with Crippen LogP contribution in [0.25, 0.3) is 0 Å². The predicted octanol–water partition coefficient (Wildman–Crippen LogP) is 0.768. The zero-order valence-corrected chi connectivity index (χ0v) is 4.76. The largest absolute Gasteiger partial charge is 0.300 e. The van der Waals surface area contributed by atoms with Crippen LogP contribution in [0, 0.1) is 0 Å². The molecule has 0 bridgehead atoms. The molecule has 0 saturated carbocycles. The summed E-state index contributed by atoms with van der Waals surface area (Å²) in [6.07, 6.45) is 0. The van der Waals surface area contributed by atoms with Crippen LogP contribution in [-0.2, 0) is 0 Å². The van der Waals surface area contributed by atoms with Crippen LogP contribution in [0.15, 0.2) is 24.3 Å². The maximum absolute atomic E-state index is 3.94. The Balaban J connectivity index is 2.54. The maximum atomic E-state index is 3.94. The molecule has 3 heteroatoms. The normalized spacial score (nSPS) is 13.8. The Morgan fingerprint density at radius 2 is 2.11 bits per heavy atom. The Morgan fingerprint density at radius 3 is 3.00 bits per heavy atom. The van der Waals surface area contributed by atoms with Gasteiger partial charge < -0.3 is 5.43 Å². The molecule has 9 heavy (non-hydrogen) atoms. The lowest BCUT2D eigenvalue weighted by molar-refractivity contribution is 0.757. The lowest BCUT2D eigenvalue weighted by Gasteiger charge is -1.90. The lowest BCUT2D eigenvalue weighted by Crippen LogP contribution is -2.18. The summed E-state index contributed by atoms with van der Waals surface area (Å²) in [5, 5.41) is 0. The maximum Gasteiger partial charge on any atom is 0.104 e. The summed E-state index contributed by atoms with van der Waals surface area (Å²) in [5.41, 5.74) is 11.5. The summed E-state index contributed by atoms with van der Waals surface area (Å²) >= 11 is 0. The molecule has 0 aromatic heterocycles. The van der Waals surface area contributed by atoms with Crippen molar-refractivity contribution in [1.82, 2.24) is 11.0 Å². The summed E-state index contributed by atoms with van der Waals surface area (Å²) in [4.78, 5) is 0. The number of nitrogens with one attached hydrogen (secondary N) is 2. The van der Waals surface area contributed by atoms with E-state index >= 15 is 0 Å². The lowest BCUT2D eigenvalue weighted by atomic mass is 10.3. The summed E-state index contributed by atoms with van der Waals surface area (Å²) in [6, 6.07) is 7.84. The monoisotopic (exact) mass is 120 g/mol. The van der Waals surface area contributed by atoms with Crippen LogP contribution in [0.3, 0.4) is 0 Å². The molecule has 1 radical (unpaired) electrons. The van der Waals surface area contributed by atoms with E-state index in [-0.39, 0.29) is 0 Å². The van der Waals surface area contributed by atoms with E-state index in [0.29, 0.717) is 0 Å². The first-order chi connectivity index (χ1) is 4.47. The van der Waals surface area contributed by atoms with Gasteiger partial charge in [0.05, 0.1) is 5.69 Å². The topological polar surface area (TPSA) is 38.2 Å². The van der Waals surface area contributed by atoms with Gasteiger partial charge in [0, 0.05) is 0 Å². The number of hydrazine groups is 1. The average Bonchev–Trinajstić information content (AvgIpc) is 2.33. The van der Waals surface area contributed by atoms with E-state index in [4.69, 9.17) is 0 Å². The van der Waals surface area contributed by atoms with Gasteiger partial charge in [0.1, 0.15) is 5.69 Å². The number of hydrogen-bond acceptors (Lipinski definition) is 2. The molecule has 2 N–H and O–H groups in total. The van der Waals surface area contributed by atoms with E-state index in [2.05, 4.69) is 16.4 Å². The van der Waals surface area contributed by atoms with Gasteiger partial charge in [-0.05, 0) is 12.1 Å². The van der Waals surface area contributed by atoms with Crippen molar-refractivity contribution in [3.8, 4) is 0 Å². The van der Waals surface area contributed by atoms with Crippen molar-refractivity contribution in [1.29, 1.82) is 0 Å². The van der Waals surface area contributed by atoms with Gasteiger partial charge in [-0.2, -0.15) is 5.43 Å². The number of rotatable bonds is 0. The van der Waals surface area contributed by atoms with Gasteiger partial charge >= 0.3 is 0 Å². The van der Waals surface area contributed by atoms with Gasteiger partial charge in [0.15, 0.2) is 0 Å². The van der Waals surface area contributed by atoms with E-state index in [1.165, 1.54) is 0 Å². The molecule has 1 aromatic carbocycles. The van der Waals surface area contributed by atoms with Crippen molar-refractivity contribution in [2.75, 3.05) is 5.43 Å². The molecular weight excluding hydrogens is 114 g/mol. The van der Waals surface area contributed by atoms with Crippen LogP contribution in [0.5, 0.6) is 0 Å². The number of benzene rings is 1.